The minimum Gasteiger partial charge on any atom is -0.436 e. The van der Waals surface area contributed by atoms with E-state index in [-0.39, 0.29) is 11.8 Å². The molecule has 7 heteroatoms. The highest BCUT2D eigenvalue weighted by Crippen LogP contribution is 2.27. The van der Waals surface area contributed by atoms with Crippen LogP contribution < -0.4 is 10.2 Å². The maximum absolute atomic E-state index is 12.7. The summed E-state index contributed by atoms with van der Waals surface area (Å²) in [5.41, 5.74) is 3.28. The number of nitrogens with one attached hydrogen (secondary N) is 1. The molecule has 5 rings (SSSR count). The number of anilines is 2. The van der Waals surface area contributed by atoms with Crippen LogP contribution in [0.4, 0.5) is 10.8 Å². The van der Waals surface area contributed by atoms with Crippen LogP contribution in [0.25, 0.3) is 22.6 Å². The topological polar surface area (TPSA) is 71.3 Å². The molecule has 3 heterocycles. The molecular formula is C22H20N4O2S. The molecule has 1 aliphatic rings. The van der Waals surface area contributed by atoms with Crippen LogP contribution in [-0.4, -0.2) is 29.0 Å². The third-order valence-corrected chi connectivity index (χ3v) is 6.08. The van der Waals surface area contributed by atoms with Crippen LogP contribution in [0.3, 0.4) is 0 Å². The van der Waals surface area contributed by atoms with Crippen molar-refractivity contribution in [3.05, 3.63) is 60.1 Å². The standard InChI is InChI=1S/C22H20N4O2S/c27-20(15-9-12-26(13-10-15)22-23-11-14-29-22)24-17-7-5-16(6-8-17)21-25-18-3-1-2-4-19(18)28-21/h1-8,11,14-15H,9-10,12-13H2,(H,24,27). The minimum atomic E-state index is 0.0305. The van der Waals surface area contributed by atoms with E-state index in [0.717, 1.165) is 53.4 Å². The average molecular weight is 404 g/mol. The van der Waals surface area contributed by atoms with E-state index in [0.29, 0.717) is 5.89 Å². The highest BCUT2D eigenvalue weighted by molar-refractivity contribution is 7.13. The molecule has 2 aromatic heterocycles. The molecule has 1 aliphatic heterocycles. The van der Waals surface area contributed by atoms with Crippen molar-refractivity contribution in [3.63, 3.8) is 0 Å². The Bertz CT molecular complexity index is 1080. The largest absolute Gasteiger partial charge is 0.436 e. The number of oxazole rings is 1. The number of fused-ring (bicyclic) bond motifs is 1. The van der Waals surface area contributed by atoms with Gasteiger partial charge in [-0.3, -0.25) is 4.79 Å². The van der Waals surface area contributed by atoms with E-state index < -0.39 is 0 Å². The van der Waals surface area contributed by atoms with Gasteiger partial charge in [0.25, 0.3) is 0 Å². The zero-order valence-electron chi connectivity index (χ0n) is 15.7. The van der Waals surface area contributed by atoms with Crippen LogP contribution in [0.1, 0.15) is 12.8 Å². The lowest BCUT2D eigenvalue weighted by Gasteiger charge is -2.31. The number of aromatic nitrogens is 2. The number of nitrogens with zero attached hydrogens (tertiary/aromatic N) is 3. The quantitative estimate of drug-likeness (QED) is 0.529. The van der Waals surface area contributed by atoms with E-state index in [1.54, 1.807) is 11.3 Å². The number of thiazole rings is 1. The van der Waals surface area contributed by atoms with E-state index in [1.807, 2.05) is 60.1 Å². The molecule has 1 fully saturated rings. The normalized spacial score (nSPS) is 15.0. The molecule has 146 valence electrons. The fraction of sp³-hybridized carbons (Fsp3) is 0.227. The number of amides is 1. The van der Waals surface area contributed by atoms with Gasteiger partial charge in [-0.05, 0) is 49.2 Å². The molecule has 0 bridgehead atoms. The molecule has 0 radical (unpaired) electrons. The summed E-state index contributed by atoms with van der Waals surface area (Å²) in [6.07, 6.45) is 3.50. The predicted molar refractivity (Wildman–Crippen MR) is 115 cm³/mol. The monoisotopic (exact) mass is 404 g/mol. The van der Waals surface area contributed by atoms with Gasteiger partial charge in [0.2, 0.25) is 11.8 Å². The Morgan fingerprint density at radius 3 is 2.62 bits per heavy atom. The van der Waals surface area contributed by atoms with Crippen molar-refractivity contribution in [2.45, 2.75) is 12.8 Å². The molecule has 0 unspecified atom stereocenters. The molecule has 4 aromatic rings. The molecule has 1 amide bonds. The lowest BCUT2D eigenvalue weighted by atomic mass is 9.96. The molecule has 0 spiro atoms. The SMILES string of the molecule is O=C(Nc1ccc(-c2nc3ccccc3o2)cc1)C1CCN(c2nccs2)CC1. The Kier molecular flexibility index (Phi) is 4.73. The molecule has 0 aliphatic carbocycles. The van der Waals surface area contributed by atoms with Crippen molar-refractivity contribution in [2.75, 3.05) is 23.3 Å². The van der Waals surface area contributed by atoms with Crippen LogP contribution in [0, 0.1) is 5.92 Å². The first-order valence-electron chi connectivity index (χ1n) is 9.67. The third-order valence-electron chi connectivity index (χ3n) is 5.25. The summed E-state index contributed by atoms with van der Waals surface area (Å²) in [5.74, 6) is 0.694. The molecule has 1 N–H and O–H groups in total. The first-order chi connectivity index (χ1) is 14.3. The Balaban J connectivity index is 1.21. The van der Waals surface area contributed by atoms with Crippen LogP contribution in [0.2, 0.25) is 0 Å². The summed E-state index contributed by atoms with van der Waals surface area (Å²) in [7, 11) is 0. The van der Waals surface area contributed by atoms with Gasteiger partial charge in [0.15, 0.2) is 10.7 Å². The van der Waals surface area contributed by atoms with Gasteiger partial charge in [0.1, 0.15) is 5.52 Å². The second-order valence-electron chi connectivity index (χ2n) is 7.13. The maximum atomic E-state index is 12.7. The van der Waals surface area contributed by atoms with Crippen molar-refractivity contribution in [3.8, 4) is 11.5 Å². The Labute approximate surface area is 172 Å². The van der Waals surface area contributed by atoms with E-state index in [1.165, 1.54) is 0 Å². The first kappa shape index (κ1) is 17.9. The third kappa shape index (κ3) is 3.73. The van der Waals surface area contributed by atoms with Gasteiger partial charge in [-0.25, -0.2) is 9.97 Å². The molecular weight excluding hydrogens is 384 g/mol. The van der Waals surface area contributed by atoms with Crippen molar-refractivity contribution in [1.29, 1.82) is 0 Å². The first-order valence-corrected chi connectivity index (χ1v) is 10.6. The lowest BCUT2D eigenvalue weighted by molar-refractivity contribution is -0.120. The molecule has 1 saturated heterocycles. The van der Waals surface area contributed by atoms with Crippen LogP contribution >= 0.6 is 11.3 Å². The number of rotatable bonds is 4. The number of hydrogen-bond donors (Lipinski definition) is 1. The van der Waals surface area contributed by atoms with Crippen molar-refractivity contribution in [2.24, 2.45) is 5.92 Å². The summed E-state index contributed by atoms with van der Waals surface area (Å²) in [5, 5.41) is 6.07. The van der Waals surface area contributed by atoms with Gasteiger partial charge < -0.3 is 14.6 Å². The fourth-order valence-corrected chi connectivity index (χ4v) is 4.34. The number of piperidine rings is 1. The zero-order chi connectivity index (χ0) is 19.6. The summed E-state index contributed by atoms with van der Waals surface area (Å²) in [6.45, 7) is 1.73. The summed E-state index contributed by atoms with van der Waals surface area (Å²) < 4.78 is 5.80. The number of benzene rings is 2. The number of carbonyl (C=O) groups excluding carboxylic acids is 1. The van der Waals surface area contributed by atoms with E-state index >= 15 is 0 Å². The molecule has 6 nitrogen and oxygen atoms in total. The highest BCUT2D eigenvalue weighted by atomic mass is 32.1. The van der Waals surface area contributed by atoms with Gasteiger partial charge in [0.05, 0.1) is 0 Å². The number of hydrogen-bond acceptors (Lipinski definition) is 6. The van der Waals surface area contributed by atoms with Gasteiger partial charge in [-0.15, -0.1) is 11.3 Å². The Hall–Kier alpha value is -3.19. The summed E-state index contributed by atoms with van der Waals surface area (Å²) in [4.78, 5) is 23.8. The second kappa shape index (κ2) is 7.67. The Morgan fingerprint density at radius 1 is 1.10 bits per heavy atom. The van der Waals surface area contributed by atoms with Crippen LogP contribution in [0.15, 0.2) is 64.5 Å². The predicted octanol–water partition coefficient (Wildman–Crippen LogP) is 4.81. The van der Waals surface area contributed by atoms with Gasteiger partial charge in [-0.2, -0.15) is 0 Å². The molecule has 0 atom stereocenters. The lowest BCUT2D eigenvalue weighted by Crippen LogP contribution is -2.38. The van der Waals surface area contributed by atoms with E-state index in [4.69, 9.17) is 4.42 Å². The second-order valence-corrected chi connectivity index (χ2v) is 8.00. The maximum Gasteiger partial charge on any atom is 0.227 e. The number of carbonyl (C=O) groups is 1. The van der Waals surface area contributed by atoms with Gasteiger partial charge in [-0.1, -0.05) is 12.1 Å². The molecule has 2 aromatic carbocycles. The van der Waals surface area contributed by atoms with Crippen molar-refractivity contribution in [1.82, 2.24) is 9.97 Å². The van der Waals surface area contributed by atoms with E-state index in [2.05, 4.69) is 20.2 Å². The van der Waals surface area contributed by atoms with Crippen LogP contribution in [0.5, 0.6) is 0 Å². The number of para-hydroxylation sites is 2. The highest BCUT2D eigenvalue weighted by Gasteiger charge is 2.26. The van der Waals surface area contributed by atoms with Crippen molar-refractivity contribution >= 4 is 39.2 Å². The summed E-state index contributed by atoms with van der Waals surface area (Å²) >= 11 is 1.64. The van der Waals surface area contributed by atoms with Crippen LogP contribution in [-0.2, 0) is 4.79 Å². The zero-order valence-corrected chi connectivity index (χ0v) is 16.6. The Morgan fingerprint density at radius 2 is 1.90 bits per heavy atom. The molecule has 29 heavy (non-hydrogen) atoms. The van der Waals surface area contributed by atoms with Gasteiger partial charge in [0, 0.05) is 41.8 Å². The van der Waals surface area contributed by atoms with Gasteiger partial charge >= 0.3 is 0 Å². The minimum absolute atomic E-state index is 0.0305. The smallest absolute Gasteiger partial charge is 0.227 e. The molecule has 0 saturated carbocycles. The van der Waals surface area contributed by atoms with E-state index in [9.17, 15) is 4.79 Å². The average Bonchev–Trinajstić information content (AvgIpc) is 3.44. The fourth-order valence-electron chi connectivity index (χ4n) is 3.64. The van der Waals surface area contributed by atoms with Crippen molar-refractivity contribution < 1.29 is 9.21 Å². The summed E-state index contributed by atoms with van der Waals surface area (Å²) in [6, 6.07) is 15.3.